The molecule has 4 heteroatoms. The van der Waals surface area contributed by atoms with Gasteiger partial charge < -0.3 is 20.4 Å². The van der Waals surface area contributed by atoms with Gasteiger partial charge in [-0.1, -0.05) is 0 Å². The summed E-state index contributed by atoms with van der Waals surface area (Å²) in [5, 5.41) is 21.2. The number of nitrogens with zero attached hydrogens (tertiary/aromatic N) is 1. The predicted molar refractivity (Wildman–Crippen MR) is 51.6 cm³/mol. The van der Waals surface area contributed by atoms with Gasteiger partial charge in [0.05, 0.1) is 12.7 Å². The van der Waals surface area contributed by atoms with E-state index < -0.39 is 6.10 Å². The second-order valence-corrected chi connectivity index (χ2v) is 3.85. The number of hydrogen-bond acceptors (Lipinski definition) is 4. The fourth-order valence-electron chi connectivity index (χ4n) is 1.78. The van der Waals surface area contributed by atoms with Crippen LogP contribution in [0, 0.1) is 0 Å². The van der Waals surface area contributed by atoms with Crippen molar-refractivity contribution in [3.05, 3.63) is 0 Å². The summed E-state index contributed by atoms with van der Waals surface area (Å²) in [7, 11) is 1.97. The highest BCUT2D eigenvalue weighted by Gasteiger charge is 2.16. The molecule has 1 aliphatic heterocycles. The van der Waals surface area contributed by atoms with E-state index in [0.717, 1.165) is 13.1 Å². The smallest absolute Gasteiger partial charge is 0.0897 e. The highest BCUT2D eigenvalue weighted by molar-refractivity contribution is 4.77. The zero-order valence-corrected chi connectivity index (χ0v) is 8.24. The highest BCUT2D eigenvalue weighted by Crippen LogP contribution is 2.05. The van der Waals surface area contributed by atoms with Crippen LogP contribution in [0.1, 0.15) is 12.8 Å². The van der Waals surface area contributed by atoms with Crippen molar-refractivity contribution in [1.82, 2.24) is 10.2 Å². The molecular formula is C9H20N2O2. The molecule has 0 bridgehead atoms. The molecule has 1 aliphatic rings. The van der Waals surface area contributed by atoms with Gasteiger partial charge in [0, 0.05) is 19.1 Å². The topological polar surface area (TPSA) is 55.7 Å². The van der Waals surface area contributed by atoms with E-state index in [0.29, 0.717) is 12.6 Å². The molecule has 0 saturated carbocycles. The van der Waals surface area contributed by atoms with Crippen LogP contribution >= 0.6 is 0 Å². The van der Waals surface area contributed by atoms with Gasteiger partial charge in [-0.05, 0) is 26.4 Å². The average Bonchev–Trinajstić information content (AvgIpc) is 2.56. The van der Waals surface area contributed by atoms with Gasteiger partial charge in [-0.3, -0.25) is 0 Å². The van der Waals surface area contributed by atoms with E-state index in [2.05, 4.69) is 10.2 Å². The van der Waals surface area contributed by atoms with E-state index in [-0.39, 0.29) is 6.61 Å². The molecular weight excluding hydrogens is 168 g/mol. The summed E-state index contributed by atoms with van der Waals surface area (Å²) in [6.45, 7) is 2.47. The third kappa shape index (κ3) is 4.04. The predicted octanol–water partition coefficient (Wildman–Crippen LogP) is -0.977. The van der Waals surface area contributed by atoms with Crippen molar-refractivity contribution in [2.45, 2.75) is 25.0 Å². The van der Waals surface area contributed by atoms with Crippen LogP contribution in [-0.2, 0) is 0 Å². The van der Waals surface area contributed by atoms with Gasteiger partial charge in [-0.2, -0.15) is 0 Å². The molecule has 0 aromatic carbocycles. The molecule has 1 rings (SSSR count). The van der Waals surface area contributed by atoms with Gasteiger partial charge in [0.2, 0.25) is 0 Å². The number of aliphatic hydroxyl groups excluding tert-OH is 2. The zero-order valence-electron chi connectivity index (χ0n) is 8.24. The summed E-state index contributed by atoms with van der Waals surface area (Å²) in [5.41, 5.74) is 0. The van der Waals surface area contributed by atoms with Crippen molar-refractivity contribution in [2.24, 2.45) is 0 Å². The number of likely N-dealkylation sites (N-methyl/N-ethyl adjacent to an activating group) is 1. The monoisotopic (exact) mass is 188 g/mol. The fourth-order valence-corrected chi connectivity index (χ4v) is 1.78. The first-order chi connectivity index (χ1) is 6.22. The maximum absolute atomic E-state index is 9.19. The first kappa shape index (κ1) is 10.9. The van der Waals surface area contributed by atoms with E-state index in [1.165, 1.54) is 12.8 Å². The Bertz CT molecular complexity index is 138. The van der Waals surface area contributed by atoms with Gasteiger partial charge in [0.25, 0.3) is 0 Å². The second-order valence-electron chi connectivity index (χ2n) is 3.85. The van der Waals surface area contributed by atoms with E-state index >= 15 is 0 Å². The average molecular weight is 188 g/mol. The standard InChI is InChI=1S/C9H20N2O2/c1-11(6-9(13)7-12)5-8-3-2-4-10-8/h8-10,12-13H,2-7H2,1H3. The molecule has 1 fully saturated rings. The lowest BCUT2D eigenvalue weighted by Gasteiger charge is -2.22. The summed E-state index contributed by atoms with van der Waals surface area (Å²) >= 11 is 0. The molecule has 13 heavy (non-hydrogen) atoms. The first-order valence-corrected chi connectivity index (χ1v) is 4.93. The molecule has 1 saturated heterocycles. The number of rotatable bonds is 5. The molecule has 0 amide bonds. The van der Waals surface area contributed by atoms with E-state index in [4.69, 9.17) is 5.11 Å². The van der Waals surface area contributed by atoms with Gasteiger partial charge in [-0.25, -0.2) is 0 Å². The summed E-state index contributed by atoms with van der Waals surface area (Å²) in [5.74, 6) is 0. The summed E-state index contributed by atoms with van der Waals surface area (Å²) < 4.78 is 0. The Labute approximate surface area is 79.6 Å². The van der Waals surface area contributed by atoms with Crippen molar-refractivity contribution < 1.29 is 10.2 Å². The van der Waals surface area contributed by atoms with Crippen LogP contribution in [0.2, 0.25) is 0 Å². The van der Waals surface area contributed by atoms with Crippen molar-refractivity contribution in [3.8, 4) is 0 Å². The largest absolute Gasteiger partial charge is 0.394 e. The molecule has 1 heterocycles. The summed E-state index contributed by atoms with van der Waals surface area (Å²) in [6, 6.07) is 0.566. The molecule has 0 radical (unpaired) electrons. The summed E-state index contributed by atoms with van der Waals surface area (Å²) in [4.78, 5) is 2.06. The molecule has 2 unspecified atom stereocenters. The maximum atomic E-state index is 9.19. The van der Waals surface area contributed by atoms with Crippen LogP contribution in [0.25, 0.3) is 0 Å². The van der Waals surface area contributed by atoms with Gasteiger partial charge in [0.1, 0.15) is 0 Å². The minimum Gasteiger partial charge on any atom is -0.394 e. The fraction of sp³-hybridized carbons (Fsp3) is 1.00. The Balaban J connectivity index is 2.12. The summed E-state index contributed by atoms with van der Waals surface area (Å²) in [6.07, 6.45) is 1.87. The third-order valence-electron chi connectivity index (χ3n) is 2.43. The van der Waals surface area contributed by atoms with Crippen LogP contribution in [0.3, 0.4) is 0 Å². The lowest BCUT2D eigenvalue weighted by Crippen LogP contribution is -2.39. The van der Waals surface area contributed by atoms with Gasteiger partial charge >= 0.3 is 0 Å². The van der Waals surface area contributed by atoms with Crippen LogP contribution in [0.15, 0.2) is 0 Å². The number of hydrogen-bond donors (Lipinski definition) is 3. The molecule has 0 aromatic heterocycles. The SMILES string of the molecule is CN(CC(O)CO)CC1CCCN1. The van der Waals surface area contributed by atoms with Crippen molar-refractivity contribution in [3.63, 3.8) is 0 Å². The van der Waals surface area contributed by atoms with Crippen LogP contribution in [0.5, 0.6) is 0 Å². The second kappa shape index (κ2) is 5.54. The van der Waals surface area contributed by atoms with Crippen molar-refractivity contribution in [1.29, 1.82) is 0 Å². The Kier molecular flexibility index (Phi) is 4.66. The van der Waals surface area contributed by atoms with Crippen LogP contribution in [0.4, 0.5) is 0 Å². The maximum Gasteiger partial charge on any atom is 0.0897 e. The zero-order chi connectivity index (χ0) is 9.68. The molecule has 78 valence electrons. The first-order valence-electron chi connectivity index (χ1n) is 4.93. The Morgan fingerprint density at radius 1 is 1.62 bits per heavy atom. The molecule has 0 aromatic rings. The molecule has 3 N–H and O–H groups in total. The van der Waals surface area contributed by atoms with Crippen molar-refractivity contribution >= 4 is 0 Å². The number of nitrogens with one attached hydrogen (secondary N) is 1. The Morgan fingerprint density at radius 3 is 2.92 bits per heavy atom. The van der Waals surface area contributed by atoms with Crippen LogP contribution in [-0.4, -0.2) is 60.5 Å². The van der Waals surface area contributed by atoms with Gasteiger partial charge in [-0.15, -0.1) is 0 Å². The van der Waals surface area contributed by atoms with E-state index in [1.807, 2.05) is 7.05 Å². The Hall–Kier alpha value is -0.160. The minimum atomic E-state index is -0.605. The molecule has 4 nitrogen and oxygen atoms in total. The molecule has 0 aliphatic carbocycles. The quantitative estimate of drug-likeness (QED) is 0.519. The lowest BCUT2D eigenvalue weighted by molar-refractivity contribution is 0.0647. The van der Waals surface area contributed by atoms with Gasteiger partial charge in [0.15, 0.2) is 0 Å². The van der Waals surface area contributed by atoms with Crippen LogP contribution < -0.4 is 5.32 Å². The Morgan fingerprint density at radius 2 is 2.38 bits per heavy atom. The molecule has 0 spiro atoms. The van der Waals surface area contributed by atoms with E-state index in [9.17, 15) is 5.11 Å². The lowest BCUT2D eigenvalue weighted by atomic mass is 10.2. The highest BCUT2D eigenvalue weighted by atomic mass is 16.3. The third-order valence-corrected chi connectivity index (χ3v) is 2.43. The van der Waals surface area contributed by atoms with Crippen molar-refractivity contribution in [2.75, 3.05) is 33.3 Å². The minimum absolute atomic E-state index is 0.150. The normalized spacial score (nSPS) is 25.4. The number of aliphatic hydroxyl groups is 2. The van der Waals surface area contributed by atoms with E-state index in [1.54, 1.807) is 0 Å². The molecule has 2 atom stereocenters.